The zero-order valence-electron chi connectivity index (χ0n) is 12.3. The van der Waals surface area contributed by atoms with Crippen molar-refractivity contribution in [2.75, 3.05) is 32.7 Å². The van der Waals surface area contributed by atoms with E-state index in [1.807, 2.05) is 0 Å². The maximum absolute atomic E-state index is 12.1. The first-order chi connectivity index (χ1) is 9.26. The Bertz CT molecular complexity index is 325. The molecule has 3 rings (SSSR count). The lowest BCUT2D eigenvalue weighted by Crippen LogP contribution is -2.42. The first kappa shape index (κ1) is 16.1. The summed E-state index contributed by atoms with van der Waals surface area (Å²) in [6, 6.07) is 0.450. The topological polar surface area (TPSA) is 44.4 Å². The molecular weight excluding hydrogens is 274 g/mol. The van der Waals surface area contributed by atoms with Gasteiger partial charge in [0.25, 0.3) is 0 Å². The molecule has 0 aromatic carbocycles. The summed E-state index contributed by atoms with van der Waals surface area (Å²) in [5.41, 5.74) is 0.477. The molecule has 2 heterocycles. The number of nitrogens with one attached hydrogen (secondary N) is 2. The van der Waals surface area contributed by atoms with Crippen LogP contribution in [0, 0.1) is 5.41 Å². The molecule has 1 aliphatic carbocycles. The third kappa shape index (κ3) is 3.86. The summed E-state index contributed by atoms with van der Waals surface area (Å²) in [4.78, 5) is 14.5. The SMILES string of the molecule is Cl.O=C(CN1CCC2(CCNC2)C1)NC1CCCCC1. The highest BCUT2D eigenvalue weighted by atomic mass is 35.5. The van der Waals surface area contributed by atoms with Gasteiger partial charge in [0.2, 0.25) is 5.91 Å². The van der Waals surface area contributed by atoms with Gasteiger partial charge in [0.05, 0.1) is 6.54 Å². The van der Waals surface area contributed by atoms with Crippen LogP contribution in [-0.4, -0.2) is 49.6 Å². The predicted molar refractivity (Wildman–Crippen MR) is 83.2 cm³/mol. The Labute approximate surface area is 128 Å². The summed E-state index contributed by atoms with van der Waals surface area (Å²) < 4.78 is 0. The molecule has 0 radical (unpaired) electrons. The van der Waals surface area contributed by atoms with Crippen LogP contribution in [0.1, 0.15) is 44.9 Å². The highest BCUT2D eigenvalue weighted by Crippen LogP contribution is 2.35. The zero-order valence-corrected chi connectivity index (χ0v) is 13.1. The first-order valence-corrected chi connectivity index (χ1v) is 7.98. The Kier molecular flexibility index (Phi) is 5.70. The Hall–Kier alpha value is -0.320. The molecule has 2 N–H and O–H groups in total. The number of carbonyl (C=O) groups is 1. The molecule has 116 valence electrons. The Morgan fingerprint density at radius 1 is 1.25 bits per heavy atom. The van der Waals surface area contributed by atoms with Crippen molar-refractivity contribution in [2.45, 2.75) is 51.0 Å². The van der Waals surface area contributed by atoms with E-state index >= 15 is 0 Å². The molecule has 1 amide bonds. The standard InChI is InChI=1S/C15H27N3O.ClH/c19-14(17-13-4-2-1-3-5-13)10-18-9-7-15(12-18)6-8-16-11-15;/h13,16H,1-12H2,(H,17,19);1H. The van der Waals surface area contributed by atoms with Crippen LogP contribution in [0.3, 0.4) is 0 Å². The molecule has 0 bridgehead atoms. The van der Waals surface area contributed by atoms with Gasteiger partial charge in [-0.1, -0.05) is 19.3 Å². The van der Waals surface area contributed by atoms with E-state index in [4.69, 9.17) is 0 Å². The van der Waals surface area contributed by atoms with Crippen LogP contribution >= 0.6 is 12.4 Å². The van der Waals surface area contributed by atoms with E-state index in [0.29, 0.717) is 18.0 Å². The van der Waals surface area contributed by atoms with Gasteiger partial charge >= 0.3 is 0 Å². The molecule has 1 unspecified atom stereocenters. The molecule has 0 aromatic rings. The molecule has 4 nitrogen and oxygen atoms in total. The van der Waals surface area contributed by atoms with Gasteiger partial charge in [-0.2, -0.15) is 0 Å². The number of rotatable bonds is 3. The maximum Gasteiger partial charge on any atom is 0.234 e. The maximum atomic E-state index is 12.1. The van der Waals surface area contributed by atoms with E-state index in [1.54, 1.807) is 0 Å². The first-order valence-electron chi connectivity index (χ1n) is 7.98. The fraction of sp³-hybridized carbons (Fsp3) is 0.933. The van der Waals surface area contributed by atoms with Gasteiger partial charge in [-0.05, 0) is 44.2 Å². The molecular formula is C15H28ClN3O. The Morgan fingerprint density at radius 2 is 2.05 bits per heavy atom. The normalized spacial score (nSPS) is 31.4. The van der Waals surface area contributed by atoms with Crippen LogP contribution in [0.5, 0.6) is 0 Å². The van der Waals surface area contributed by atoms with E-state index in [1.165, 1.54) is 44.9 Å². The quantitative estimate of drug-likeness (QED) is 0.831. The minimum Gasteiger partial charge on any atom is -0.352 e. The number of hydrogen-bond acceptors (Lipinski definition) is 3. The van der Waals surface area contributed by atoms with Crippen molar-refractivity contribution in [3.8, 4) is 0 Å². The van der Waals surface area contributed by atoms with Gasteiger partial charge in [0, 0.05) is 19.1 Å². The van der Waals surface area contributed by atoms with E-state index in [0.717, 1.165) is 26.2 Å². The highest BCUT2D eigenvalue weighted by Gasteiger charge is 2.40. The van der Waals surface area contributed by atoms with Crippen LogP contribution in [0.2, 0.25) is 0 Å². The second-order valence-corrected chi connectivity index (χ2v) is 6.79. The lowest BCUT2D eigenvalue weighted by atomic mass is 9.87. The Balaban J connectivity index is 0.00000147. The number of carbonyl (C=O) groups excluding carboxylic acids is 1. The van der Waals surface area contributed by atoms with Crippen LogP contribution in [-0.2, 0) is 4.79 Å². The van der Waals surface area contributed by atoms with Crippen LogP contribution in [0.4, 0.5) is 0 Å². The van der Waals surface area contributed by atoms with Crippen molar-refractivity contribution in [1.29, 1.82) is 0 Å². The van der Waals surface area contributed by atoms with Crippen molar-refractivity contribution >= 4 is 18.3 Å². The number of hydrogen-bond donors (Lipinski definition) is 2. The average Bonchev–Trinajstić information content (AvgIpc) is 3.02. The van der Waals surface area contributed by atoms with Crippen molar-refractivity contribution in [3.63, 3.8) is 0 Å². The number of likely N-dealkylation sites (tertiary alicyclic amines) is 1. The van der Waals surface area contributed by atoms with E-state index < -0.39 is 0 Å². The monoisotopic (exact) mass is 301 g/mol. The summed E-state index contributed by atoms with van der Waals surface area (Å²) in [7, 11) is 0. The van der Waals surface area contributed by atoms with Crippen molar-refractivity contribution < 1.29 is 4.79 Å². The average molecular weight is 302 g/mol. The number of halogens is 1. The largest absolute Gasteiger partial charge is 0.352 e. The summed E-state index contributed by atoms with van der Waals surface area (Å²) in [6.45, 7) is 5.12. The van der Waals surface area contributed by atoms with Gasteiger partial charge < -0.3 is 10.6 Å². The fourth-order valence-electron chi connectivity index (χ4n) is 4.03. The summed E-state index contributed by atoms with van der Waals surface area (Å²) in [5.74, 6) is 0.245. The van der Waals surface area contributed by atoms with E-state index in [9.17, 15) is 4.79 Å². The predicted octanol–water partition coefficient (Wildman–Crippen LogP) is 1.54. The van der Waals surface area contributed by atoms with Gasteiger partial charge in [-0.3, -0.25) is 9.69 Å². The zero-order chi connectivity index (χ0) is 13.1. The smallest absolute Gasteiger partial charge is 0.234 e. The van der Waals surface area contributed by atoms with Crippen molar-refractivity contribution in [1.82, 2.24) is 15.5 Å². The number of nitrogens with zero attached hydrogens (tertiary/aromatic N) is 1. The molecule has 2 aliphatic heterocycles. The fourth-order valence-corrected chi connectivity index (χ4v) is 4.03. The molecule has 3 aliphatic rings. The summed E-state index contributed by atoms with van der Waals surface area (Å²) in [5, 5.41) is 6.70. The second kappa shape index (κ2) is 7.10. The van der Waals surface area contributed by atoms with E-state index in [-0.39, 0.29) is 18.3 Å². The minimum atomic E-state index is 0. The molecule has 1 spiro atoms. The van der Waals surface area contributed by atoms with Gasteiger partial charge in [-0.25, -0.2) is 0 Å². The minimum absolute atomic E-state index is 0. The molecule has 0 aromatic heterocycles. The van der Waals surface area contributed by atoms with Gasteiger partial charge in [0.15, 0.2) is 0 Å². The van der Waals surface area contributed by atoms with E-state index in [2.05, 4.69) is 15.5 Å². The summed E-state index contributed by atoms with van der Waals surface area (Å²) >= 11 is 0. The second-order valence-electron chi connectivity index (χ2n) is 6.79. The molecule has 1 atom stereocenters. The molecule has 3 fully saturated rings. The van der Waals surface area contributed by atoms with Gasteiger partial charge in [0.1, 0.15) is 0 Å². The third-order valence-corrected chi connectivity index (χ3v) is 5.19. The van der Waals surface area contributed by atoms with Crippen LogP contribution in [0.25, 0.3) is 0 Å². The third-order valence-electron chi connectivity index (χ3n) is 5.19. The molecule has 1 saturated carbocycles. The number of amides is 1. The molecule has 5 heteroatoms. The lowest BCUT2D eigenvalue weighted by molar-refractivity contribution is -0.123. The summed E-state index contributed by atoms with van der Waals surface area (Å²) in [6.07, 6.45) is 8.81. The van der Waals surface area contributed by atoms with Crippen molar-refractivity contribution in [2.24, 2.45) is 5.41 Å². The van der Waals surface area contributed by atoms with Crippen molar-refractivity contribution in [3.05, 3.63) is 0 Å². The molecule has 20 heavy (non-hydrogen) atoms. The van der Waals surface area contributed by atoms with Crippen LogP contribution in [0.15, 0.2) is 0 Å². The lowest BCUT2D eigenvalue weighted by Gasteiger charge is -2.25. The van der Waals surface area contributed by atoms with Gasteiger partial charge in [-0.15, -0.1) is 12.4 Å². The Morgan fingerprint density at radius 3 is 2.75 bits per heavy atom. The van der Waals surface area contributed by atoms with Crippen LogP contribution < -0.4 is 10.6 Å². The highest BCUT2D eigenvalue weighted by molar-refractivity contribution is 5.85. The molecule has 2 saturated heterocycles.